The van der Waals surface area contributed by atoms with E-state index in [0.717, 1.165) is 23.3 Å². The van der Waals surface area contributed by atoms with Crippen LogP contribution in [0.2, 0.25) is 0 Å². The molecule has 3 heteroatoms. The minimum atomic E-state index is -0.198. The predicted molar refractivity (Wildman–Crippen MR) is 84.0 cm³/mol. The lowest BCUT2D eigenvalue weighted by molar-refractivity contribution is 0.263. The molecule has 0 bridgehead atoms. The molecule has 3 rings (SSSR count). The van der Waals surface area contributed by atoms with Gasteiger partial charge in [-0.25, -0.2) is 4.39 Å². The summed E-state index contributed by atoms with van der Waals surface area (Å²) >= 11 is 0. The zero-order valence-corrected chi connectivity index (χ0v) is 12.9. The lowest BCUT2D eigenvalue weighted by atomic mass is 9.77. The maximum Gasteiger partial charge on any atom is 0.134 e. The molecule has 2 nitrogen and oxygen atoms in total. The number of rotatable bonds is 4. The molecule has 1 saturated carbocycles. The van der Waals surface area contributed by atoms with Gasteiger partial charge >= 0.3 is 0 Å². The molecule has 1 aliphatic rings. The smallest absolute Gasteiger partial charge is 0.134 e. The first-order valence-corrected chi connectivity index (χ1v) is 8.06. The second-order valence-electron chi connectivity index (χ2n) is 6.54. The minimum Gasteiger partial charge on any atom is -0.461 e. The van der Waals surface area contributed by atoms with Gasteiger partial charge in [0.15, 0.2) is 0 Å². The Morgan fingerprint density at radius 2 is 2.05 bits per heavy atom. The van der Waals surface area contributed by atoms with Crippen molar-refractivity contribution in [2.75, 3.05) is 6.54 Å². The lowest BCUT2D eigenvalue weighted by Crippen LogP contribution is -2.33. The summed E-state index contributed by atoms with van der Waals surface area (Å²) in [5.74, 6) is 1.91. The molecule has 0 amide bonds. The van der Waals surface area contributed by atoms with Crippen LogP contribution in [0.1, 0.15) is 51.2 Å². The van der Waals surface area contributed by atoms with Gasteiger partial charge in [-0.05, 0) is 49.6 Å². The molecule has 0 aliphatic heterocycles. The third-order valence-electron chi connectivity index (χ3n) is 4.56. The van der Waals surface area contributed by atoms with Crippen LogP contribution in [-0.4, -0.2) is 12.6 Å². The third kappa shape index (κ3) is 3.29. The SMILES string of the molecule is CC(C)NCC1CCCCC1c1cc2cc(F)ccc2o1. The monoisotopic (exact) mass is 289 g/mol. The van der Waals surface area contributed by atoms with Gasteiger partial charge in [-0.3, -0.25) is 0 Å². The number of fused-ring (bicyclic) bond motifs is 1. The van der Waals surface area contributed by atoms with Crippen molar-refractivity contribution in [1.29, 1.82) is 0 Å². The number of furan rings is 1. The van der Waals surface area contributed by atoms with Gasteiger partial charge in [0.2, 0.25) is 0 Å². The molecule has 0 spiro atoms. The molecule has 0 saturated heterocycles. The molecular weight excluding hydrogens is 265 g/mol. The number of hydrogen-bond donors (Lipinski definition) is 1. The zero-order valence-electron chi connectivity index (χ0n) is 12.9. The maximum absolute atomic E-state index is 13.3. The molecule has 2 atom stereocenters. The summed E-state index contributed by atoms with van der Waals surface area (Å²) in [7, 11) is 0. The Balaban J connectivity index is 1.83. The van der Waals surface area contributed by atoms with Crippen molar-refractivity contribution in [3.63, 3.8) is 0 Å². The van der Waals surface area contributed by atoms with Gasteiger partial charge in [-0.15, -0.1) is 0 Å². The maximum atomic E-state index is 13.3. The van der Waals surface area contributed by atoms with Gasteiger partial charge in [0.25, 0.3) is 0 Å². The second-order valence-corrected chi connectivity index (χ2v) is 6.54. The van der Waals surface area contributed by atoms with Crippen molar-refractivity contribution in [2.24, 2.45) is 5.92 Å². The van der Waals surface area contributed by atoms with E-state index >= 15 is 0 Å². The quantitative estimate of drug-likeness (QED) is 0.871. The highest BCUT2D eigenvalue weighted by molar-refractivity contribution is 5.78. The summed E-state index contributed by atoms with van der Waals surface area (Å²) in [6.45, 7) is 5.40. The molecule has 2 unspecified atom stereocenters. The van der Waals surface area contributed by atoms with Gasteiger partial charge in [0.05, 0.1) is 0 Å². The van der Waals surface area contributed by atoms with E-state index < -0.39 is 0 Å². The van der Waals surface area contributed by atoms with Crippen LogP contribution in [0.15, 0.2) is 28.7 Å². The van der Waals surface area contributed by atoms with E-state index in [9.17, 15) is 4.39 Å². The summed E-state index contributed by atoms with van der Waals surface area (Å²) in [6, 6.07) is 7.31. The van der Waals surface area contributed by atoms with Crippen LogP contribution in [0.5, 0.6) is 0 Å². The Kier molecular flexibility index (Phi) is 4.29. The summed E-state index contributed by atoms with van der Waals surface area (Å²) in [5, 5.41) is 4.44. The molecule has 1 heterocycles. The fraction of sp³-hybridized carbons (Fsp3) is 0.556. The molecule has 0 radical (unpaired) electrons. The first kappa shape index (κ1) is 14.6. The van der Waals surface area contributed by atoms with Gasteiger partial charge in [0, 0.05) is 17.3 Å². The van der Waals surface area contributed by atoms with Gasteiger partial charge < -0.3 is 9.73 Å². The average Bonchev–Trinajstić information content (AvgIpc) is 2.88. The second kappa shape index (κ2) is 6.18. The van der Waals surface area contributed by atoms with Crippen LogP contribution in [0.25, 0.3) is 11.0 Å². The highest BCUT2D eigenvalue weighted by Gasteiger charge is 2.29. The number of nitrogens with one attached hydrogen (secondary N) is 1. The van der Waals surface area contributed by atoms with E-state index in [1.54, 1.807) is 12.1 Å². The molecule has 1 aromatic carbocycles. The highest BCUT2D eigenvalue weighted by atomic mass is 19.1. The van der Waals surface area contributed by atoms with E-state index in [0.29, 0.717) is 17.9 Å². The standard InChI is InChI=1S/C18H24FNO/c1-12(2)20-11-13-5-3-4-6-16(13)18-10-14-9-15(19)7-8-17(14)21-18/h7-10,12-13,16,20H,3-6,11H2,1-2H3. The van der Waals surface area contributed by atoms with Gasteiger partial charge in [-0.2, -0.15) is 0 Å². The lowest BCUT2D eigenvalue weighted by Gasteiger charge is -2.31. The molecule has 1 N–H and O–H groups in total. The molecule has 114 valence electrons. The Bertz CT molecular complexity index is 604. The Morgan fingerprint density at radius 1 is 1.24 bits per heavy atom. The van der Waals surface area contributed by atoms with Crippen molar-refractivity contribution >= 4 is 11.0 Å². The summed E-state index contributed by atoms with van der Waals surface area (Å²) in [4.78, 5) is 0. The largest absolute Gasteiger partial charge is 0.461 e. The Hall–Kier alpha value is -1.35. The van der Waals surface area contributed by atoms with Crippen LogP contribution in [0, 0.1) is 11.7 Å². The first-order chi connectivity index (χ1) is 10.1. The Labute approximate surface area is 125 Å². The van der Waals surface area contributed by atoms with Gasteiger partial charge in [-0.1, -0.05) is 26.7 Å². The average molecular weight is 289 g/mol. The first-order valence-electron chi connectivity index (χ1n) is 8.06. The summed E-state index contributed by atoms with van der Waals surface area (Å²) < 4.78 is 19.3. The number of benzene rings is 1. The van der Waals surface area contributed by atoms with Crippen molar-refractivity contribution in [2.45, 2.75) is 51.5 Å². The zero-order chi connectivity index (χ0) is 14.8. The van der Waals surface area contributed by atoms with E-state index in [-0.39, 0.29) is 5.82 Å². The molecule has 1 aromatic heterocycles. The molecular formula is C18H24FNO. The minimum absolute atomic E-state index is 0.198. The van der Waals surface area contributed by atoms with Crippen LogP contribution in [-0.2, 0) is 0 Å². The fourth-order valence-corrected chi connectivity index (χ4v) is 3.43. The number of hydrogen-bond acceptors (Lipinski definition) is 2. The molecule has 2 aromatic rings. The highest BCUT2D eigenvalue weighted by Crippen LogP contribution is 2.39. The topological polar surface area (TPSA) is 25.2 Å². The van der Waals surface area contributed by atoms with Crippen LogP contribution in [0.4, 0.5) is 4.39 Å². The molecule has 1 fully saturated rings. The van der Waals surface area contributed by atoms with Gasteiger partial charge in [0.1, 0.15) is 17.2 Å². The Morgan fingerprint density at radius 3 is 2.86 bits per heavy atom. The van der Waals surface area contributed by atoms with Crippen LogP contribution < -0.4 is 5.32 Å². The van der Waals surface area contributed by atoms with Crippen LogP contribution >= 0.6 is 0 Å². The summed E-state index contributed by atoms with van der Waals surface area (Å²) in [5.41, 5.74) is 0.799. The van der Waals surface area contributed by atoms with Crippen molar-refractivity contribution < 1.29 is 8.81 Å². The fourth-order valence-electron chi connectivity index (χ4n) is 3.43. The molecule has 1 aliphatic carbocycles. The van der Waals surface area contributed by atoms with Crippen molar-refractivity contribution in [3.05, 3.63) is 35.8 Å². The predicted octanol–water partition coefficient (Wildman–Crippen LogP) is 4.84. The van der Waals surface area contributed by atoms with E-state index in [1.807, 2.05) is 6.07 Å². The van der Waals surface area contributed by atoms with Crippen LogP contribution in [0.3, 0.4) is 0 Å². The van der Waals surface area contributed by atoms with E-state index in [4.69, 9.17) is 4.42 Å². The van der Waals surface area contributed by atoms with E-state index in [1.165, 1.54) is 31.7 Å². The summed E-state index contributed by atoms with van der Waals surface area (Å²) in [6.07, 6.45) is 4.98. The third-order valence-corrected chi connectivity index (χ3v) is 4.56. The van der Waals surface area contributed by atoms with E-state index in [2.05, 4.69) is 19.2 Å². The van der Waals surface area contributed by atoms with Crippen molar-refractivity contribution in [3.8, 4) is 0 Å². The normalized spacial score (nSPS) is 23.0. The number of halogens is 1. The van der Waals surface area contributed by atoms with Crippen molar-refractivity contribution in [1.82, 2.24) is 5.32 Å². The molecule has 21 heavy (non-hydrogen) atoms.